The summed E-state index contributed by atoms with van der Waals surface area (Å²) in [6.07, 6.45) is 0.717. The molecule has 4 nitrogen and oxygen atoms in total. The van der Waals surface area contributed by atoms with Gasteiger partial charge in [0.25, 0.3) is 5.91 Å². The van der Waals surface area contributed by atoms with Gasteiger partial charge in [0.05, 0.1) is 11.3 Å². The van der Waals surface area contributed by atoms with Gasteiger partial charge in [0.2, 0.25) is 0 Å². The van der Waals surface area contributed by atoms with Gasteiger partial charge >= 0.3 is 0 Å². The molecule has 0 aliphatic rings. The number of benzene rings is 2. The lowest BCUT2D eigenvalue weighted by Gasteiger charge is -2.06. The van der Waals surface area contributed by atoms with E-state index in [4.69, 9.17) is 11.6 Å². The monoisotopic (exact) mass is 343 g/mol. The highest BCUT2D eigenvalue weighted by Gasteiger charge is 2.14. The van der Waals surface area contributed by atoms with Gasteiger partial charge < -0.3 is 5.32 Å². The average Bonchev–Trinajstić information content (AvgIpc) is 2.98. The van der Waals surface area contributed by atoms with Crippen molar-refractivity contribution in [3.05, 3.63) is 76.7 Å². The molecule has 1 N–H and O–H groups in total. The normalized spacial score (nSPS) is 10.6. The van der Waals surface area contributed by atoms with Gasteiger partial charge in [0.15, 0.2) is 5.82 Å². The van der Waals surface area contributed by atoms with Gasteiger partial charge in [-0.3, -0.25) is 4.79 Å². The molecule has 122 valence electrons. The fraction of sp³-hybridized carbons (Fsp3) is 0.111. The smallest absolute Gasteiger partial charge is 0.259 e. The van der Waals surface area contributed by atoms with E-state index in [0.29, 0.717) is 10.8 Å². The lowest BCUT2D eigenvalue weighted by Crippen LogP contribution is -2.14. The zero-order valence-corrected chi connectivity index (χ0v) is 13.7. The zero-order valence-electron chi connectivity index (χ0n) is 13.0. The molecule has 0 aliphatic carbocycles. The Bertz CT molecular complexity index is 891. The number of hydrogen-bond donors (Lipinski definition) is 1. The molecule has 1 aromatic heterocycles. The quantitative estimate of drug-likeness (QED) is 0.759. The molecule has 24 heavy (non-hydrogen) atoms. The van der Waals surface area contributed by atoms with Crippen molar-refractivity contribution in [3.8, 4) is 5.69 Å². The Balaban J connectivity index is 1.90. The van der Waals surface area contributed by atoms with Gasteiger partial charge in [0.1, 0.15) is 5.82 Å². The first-order valence-electron chi connectivity index (χ1n) is 7.49. The summed E-state index contributed by atoms with van der Waals surface area (Å²) in [7, 11) is 0. The minimum Gasteiger partial charge on any atom is -0.305 e. The van der Waals surface area contributed by atoms with Crippen molar-refractivity contribution in [2.75, 3.05) is 5.32 Å². The third-order valence-electron chi connectivity index (χ3n) is 3.56. The molecule has 3 rings (SSSR count). The number of nitrogens with zero attached hydrogens (tertiary/aromatic N) is 2. The first-order chi connectivity index (χ1) is 11.6. The molecule has 3 aromatic rings. The average molecular weight is 344 g/mol. The third-order valence-corrected chi connectivity index (χ3v) is 3.79. The highest BCUT2D eigenvalue weighted by molar-refractivity contribution is 6.30. The molecule has 0 saturated carbocycles. The largest absolute Gasteiger partial charge is 0.305 e. The molecule has 0 atom stereocenters. The third kappa shape index (κ3) is 3.31. The van der Waals surface area contributed by atoms with Crippen molar-refractivity contribution >= 4 is 23.3 Å². The molecule has 6 heteroatoms. The zero-order chi connectivity index (χ0) is 17.1. The molecule has 0 spiro atoms. The first-order valence-corrected chi connectivity index (χ1v) is 7.87. The van der Waals surface area contributed by atoms with Gasteiger partial charge in [-0.15, -0.1) is 5.10 Å². The standard InChI is InChI=1S/C18H15ClFN3O/c1-2-13-11-17(21-18(24)15-8-3-4-9-16(15)20)22-23(13)14-7-5-6-12(19)10-14/h3-11H,2H2,1H3,(H,21,22,24). The van der Waals surface area contributed by atoms with E-state index >= 15 is 0 Å². The predicted molar refractivity (Wildman–Crippen MR) is 92.3 cm³/mol. The van der Waals surface area contributed by atoms with Crippen LogP contribution in [0.15, 0.2) is 54.6 Å². The van der Waals surface area contributed by atoms with E-state index in [1.54, 1.807) is 28.9 Å². The van der Waals surface area contributed by atoms with E-state index in [-0.39, 0.29) is 5.56 Å². The van der Waals surface area contributed by atoms with Crippen LogP contribution in [0.4, 0.5) is 10.2 Å². The predicted octanol–water partition coefficient (Wildman–Crippen LogP) is 4.48. The number of aryl methyl sites for hydroxylation is 1. The number of carbonyl (C=O) groups excluding carboxylic acids is 1. The Hall–Kier alpha value is -2.66. The van der Waals surface area contributed by atoms with Gasteiger partial charge in [-0.1, -0.05) is 36.7 Å². The maximum Gasteiger partial charge on any atom is 0.259 e. The molecule has 0 unspecified atom stereocenters. The number of anilines is 1. The Kier molecular flexibility index (Phi) is 4.62. The summed E-state index contributed by atoms with van der Waals surface area (Å²) in [6.45, 7) is 1.99. The van der Waals surface area contributed by atoms with Gasteiger partial charge in [0, 0.05) is 16.8 Å². The Morgan fingerprint density at radius 2 is 2.00 bits per heavy atom. The summed E-state index contributed by atoms with van der Waals surface area (Å²) < 4.78 is 15.4. The van der Waals surface area contributed by atoms with E-state index in [2.05, 4.69) is 10.4 Å². The van der Waals surface area contributed by atoms with Crippen molar-refractivity contribution < 1.29 is 9.18 Å². The summed E-state index contributed by atoms with van der Waals surface area (Å²) in [4.78, 5) is 12.2. The number of amides is 1. The number of hydrogen-bond acceptors (Lipinski definition) is 2. The van der Waals surface area contributed by atoms with E-state index in [0.717, 1.165) is 17.8 Å². The summed E-state index contributed by atoms with van der Waals surface area (Å²) in [6, 6.07) is 14.9. The van der Waals surface area contributed by atoms with Crippen LogP contribution in [-0.2, 0) is 6.42 Å². The van der Waals surface area contributed by atoms with E-state index in [1.165, 1.54) is 18.2 Å². The molecule has 0 fully saturated rings. The lowest BCUT2D eigenvalue weighted by atomic mass is 10.2. The minimum absolute atomic E-state index is 0.0205. The number of carbonyl (C=O) groups is 1. The van der Waals surface area contributed by atoms with Crippen molar-refractivity contribution in [2.24, 2.45) is 0 Å². The molecular formula is C18H15ClFN3O. The van der Waals surface area contributed by atoms with E-state index in [1.807, 2.05) is 19.1 Å². The van der Waals surface area contributed by atoms with Gasteiger partial charge in [-0.25, -0.2) is 9.07 Å². The molecule has 0 radical (unpaired) electrons. The van der Waals surface area contributed by atoms with Crippen molar-refractivity contribution in [1.82, 2.24) is 9.78 Å². The van der Waals surface area contributed by atoms with Crippen LogP contribution in [0.1, 0.15) is 23.0 Å². The van der Waals surface area contributed by atoms with Crippen molar-refractivity contribution in [2.45, 2.75) is 13.3 Å². The second-order valence-corrected chi connectivity index (χ2v) is 5.64. The highest BCUT2D eigenvalue weighted by Crippen LogP contribution is 2.20. The Morgan fingerprint density at radius 3 is 2.71 bits per heavy atom. The molecule has 2 aromatic carbocycles. The SMILES string of the molecule is CCc1cc(NC(=O)c2ccccc2F)nn1-c1cccc(Cl)c1. The number of nitrogens with one attached hydrogen (secondary N) is 1. The van der Waals surface area contributed by atoms with Crippen LogP contribution in [-0.4, -0.2) is 15.7 Å². The van der Waals surface area contributed by atoms with Crippen LogP contribution < -0.4 is 5.32 Å². The second-order valence-electron chi connectivity index (χ2n) is 5.20. The van der Waals surface area contributed by atoms with E-state index < -0.39 is 11.7 Å². The lowest BCUT2D eigenvalue weighted by molar-refractivity contribution is 0.102. The van der Waals surface area contributed by atoms with Crippen LogP contribution >= 0.6 is 11.6 Å². The highest BCUT2D eigenvalue weighted by atomic mass is 35.5. The number of halogens is 2. The molecule has 0 aliphatic heterocycles. The topological polar surface area (TPSA) is 46.9 Å². The first kappa shape index (κ1) is 16.2. The van der Waals surface area contributed by atoms with Crippen LogP contribution in [0.3, 0.4) is 0 Å². The minimum atomic E-state index is -0.569. The summed E-state index contributed by atoms with van der Waals surface area (Å²) in [5.74, 6) is -0.744. The molecular weight excluding hydrogens is 329 g/mol. The fourth-order valence-corrected chi connectivity index (χ4v) is 2.58. The molecule has 0 saturated heterocycles. The molecule has 0 bridgehead atoms. The van der Waals surface area contributed by atoms with Crippen molar-refractivity contribution in [1.29, 1.82) is 0 Å². The summed E-state index contributed by atoms with van der Waals surface area (Å²) in [5, 5.41) is 7.62. The summed E-state index contributed by atoms with van der Waals surface area (Å²) >= 11 is 6.03. The van der Waals surface area contributed by atoms with Gasteiger partial charge in [-0.05, 0) is 36.8 Å². The van der Waals surface area contributed by atoms with Gasteiger partial charge in [-0.2, -0.15) is 0 Å². The number of aromatic nitrogens is 2. The summed E-state index contributed by atoms with van der Waals surface area (Å²) in [5.41, 5.74) is 1.68. The Morgan fingerprint density at radius 1 is 1.21 bits per heavy atom. The number of rotatable bonds is 4. The van der Waals surface area contributed by atoms with Crippen LogP contribution in [0, 0.1) is 5.82 Å². The van der Waals surface area contributed by atoms with E-state index in [9.17, 15) is 9.18 Å². The van der Waals surface area contributed by atoms with Crippen LogP contribution in [0.2, 0.25) is 5.02 Å². The van der Waals surface area contributed by atoms with Crippen molar-refractivity contribution in [3.63, 3.8) is 0 Å². The maximum absolute atomic E-state index is 13.7. The van der Waals surface area contributed by atoms with Crippen LogP contribution in [0.5, 0.6) is 0 Å². The fourth-order valence-electron chi connectivity index (χ4n) is 2.39. The second kappa shape index (κ2) is 6.84. The maximum atomic E-state index is 13.7. The molecule has 1 amide bonds. The molecule has 1 heterocycles. The Labute approximate surface area is 143 Å². The van der Waals surface area contributed by atoms with Crippen LogP contribution in [0.25, 0.3) is 5.69 Å².